The minimum Gasteiger partial charge on any atom is -0.475 e. The summed E-state index contributed by atoms with van der Waals surface area (Å²) < 4.78 is 4.97. The second-order valence-electron chi connectivity index (χ2n) is 4.74. The van der Waals surface area contributed by atoms with Crippen molar-refractivity contribution in [2.45, 2.75) is 20.0 Å². The first kappa shape index (κ1) is 13.4. The molecule has 0 atom stereocenters. The van der Waals surface area contributed by atoms with E-state index in [4.69, 9.17) is 9.52 Å². The molecule has 0 aliphatic rings. The summed E-state index contributed by atoms with van der Waals surface area (Å²) in [6.45, 7) is 3.38. The molecule has 0 spiro atoms. The molecule has 0 amide bonds. The van der Waals surface area contributed by atoms with Crippen LogP contribution in [-0.2, 0) is 13.1 Å². The van der Waals surface area contributed by atoms with Crippen LogP contribution in [0.5, 0.6) is 0 Å². The lowest BCUT2D eigenvalue weighted by Gasteiger charge is -2.16. The largest absolute Gasteiger partial charge is 0.475 e. The average Bonchev–Trinajstić information content (AvgIpc) is 2.76. The van der Waals surface area contributed by atoms with Crippen molar-refractivity contribution < 1.29 is 14.3 Å². The highest BCUT2D eigenvalue weighted by molar-refractivity contribution is 5.86. The Bertz CT molecular complexity index is 574. The van der Waals surface area contributed by atoms with E-state index in [2.05, 4.69) is 30.0 Å². The number of furan rings is 1. The fraction of sp³-hybridized carbons (Fsp3) is 0.267. The van der Waals surface area contributed by atoms with Crippen molar-refractivity contribution in [2.24, 2.45) is 0 Å². The molecule has 1 aromatic heterocycles. The van der Waals surface area contributed by atoms with E-state index in [1.807, 2.05) is 13.1 Å². The Morgan fingerprint density at radius 2 is 2.11 bits per heavy atom. The number of carboxylic acids is 1. The van der Waals surface area contributed by atoms with Gasteiger partial charge in [0, 0.05) is 18.7 Å². The Hall–Kier alpha value is -2.07. The molecule has 0 aliphatic carbocycles. The van der Waals surface area contributed by atoms with Crippen LogP contribution in [0.2, 0.25) is 0 Å². The molecule has 2 rings (SSSR count). The van der Waals surface area contributed by atoms with Gasteiger partial charge in [-0.05, 0) is 25.6 Å². The molecule has 4 heteroatoms. The van der Waals surface area contributed by atoms with Crippen LogP contribution in [0.3, 0.4) is 0 Å². The van der Waals surface area contributed by atoms with Crippen LogP contribution in [0.25, 0.3) is 0 Å². The van der Waals surface area contributed by atoms with Crippen LogP contribution in [0.15, 0.2) is 41.0 Å². The minimum atomic E-state index is -1.02. The van der Waals surface area contributed by atoms with Gasteiger partial charge in [-0.2, -0.15) is 0 Å². The van der Waals surface area contributed by atoms with Crippen LogP contribution in [0.4, 0.5) is 0 Å². The van der Waals surface area contributed by atoms with Crippen LogP contribution >= 0.6 is 0 Å². The zero-order valence-electron chi connectivity index (χ0n) is 11.1. The highest BCUT2D eigenvalue weighted by Crippen LogP contribution is 2.14. The number of nitrogens with zero attached hydrogens (tertiary/aromatic N) is 1. The zero-order chi connectivity index (χ0) is 13.8. The molecule has 0 fully saturated rings. The summed E-state index contributed by atoms with van der Waals surface area (Å²) in [7, 11) is 1.96. The van der Waals surface area contributed by atoms with Crippen LogP contribution in [0, 0.1) is 6.92 Å². The highest BCUT2D eigenvalue weighted by atomic mass is 16.4. The predicted octanol–water partition coefficient (Wildman–Crippen LogP) is 2.92. The normalized spacial score (nSPS) is 10.9. The van der Waals surface area contributed by atoms with Crippen molar-refractivity contribution in [1.82, 2.24) is 4.90 Å². The molecule has 0 aliphatic heterocycles. The third-order valence-corrected chi connectivity index (χ3v) is 2.92. The number of hydrogen-bond donors (Lipinski definition) is 1. The predicted molar refractivity (Wildman–Crippen MR) is 72.0 cm³/mol. The van der Waals surface area contributed by atoms with Gasteiger partial charge in [0.25, 0.3) is 0 Å². The minimum absolute atomic E-state index is 0.0242. The monoisotopic (exact) mass is 259 g/mol. The van der Waals surface area contributed by atoms with E-state index in [0.29, 0.717) is 12.1 Å². The van der Waals surface area contributed by atoms with E-state index in [1.54, 1.807) is 6.07 Å². The zero-order valence-corrected chi connectivity index (χ0v) is 11.1. The summed E-state index contributed by atoms with van der Waals surface area (Å²) in [6, 6.07) is 9.98. The summed E-state index contributed by atoms with van der Waals surface area (Å²) in [5.74, 6) is -1.000. The maximum Gasteiger partial charge on any atom is 0.372 e. The number of aryl methyl sites for hydroxylation is 1. The Morgan fingerprint density at radius 3 is 2.79 bits per heavy atom. The third-order valence-electron chi connectivity index (χ3n) is 2.92. The molecule has 0 bridgehead atoms. The molecular weight excluding hydrogens is 242 g/mol. The Morgan fingerprint density at radius 1 is 1.32 bits per heavy atom. The van der Waals surface area contributed by atoms with E-state index in [1.165, 1.54) is 17.4 Å². The van der Waals surface area contributed by atoms with Crippen molar-refractivity contribution in [2.75, 3.05) is 7.05 Å². The SMILES string of the molecule is Cc1cccc(CN(C)Cc2ccoc2C(=O)O)c1. The Labute approximate surface area is 112 Å². The maximum absolute atomic E-state index is 11.0. The van der Waals surface area contributed by atoms with E-state index in [0.717, 1.165) is 6.54 Å². The lowest BCUT2D eigenvalue weighted by atomic mass is 10.1. The van der Waals surface area contributed by atoms with Crippen molar-refractivity contribution >= 4 is 5.97 Å². The molecular formula is C15H17NO3. The van der Waals surface area contributed by atoms with Crippen molar-refractivity contribution in [3.05, 3.63) is 59.0 Å². The molecule has 0 unspecified atom stereocenters. The summed E-state index contributed by atoms with van der Waals surface area (Å²) in [5, 5.41) is 8.98. The number of aromatic carboxylic acids is 1. The van der Waals surface area contributed by atoms with Crippen LogP contribution in [-0.4, -0.2) is 23.0 Å². The molecule has 0 saturated heterocycles. The topological polar surface area (TPSA) is 53.7 Å². The first-order valence-corrected chi connectivity index (χ1v) is 6.10. The van der Waals surface area contributed by atoms with Gasteiger partial charge in [-0.1, -0.05) is 29.8 Å². The standard InChI is InChI=1S/C15H17NO3/c1-11-4-3-5-12(8-11)9-16(2)10-13-6-7-19-14(13)15(17)18/h3-8H,9-10H2,1-2H3,(H,17,18). The van der Waals surface area contributed by atoms with Gasteiger partial charge >= 0.3 is 5.97 Å². The Balaban J connectivity index is 2.03. The first-order chi connectivity index (χ1) is 9.06. The fourth-order valence-corrected chi connectivity index (χ4v) is 2.12. The smallest absolute Gasteiger partial charge is 0.372 e. The molecule has 4 nitrogen and oxygen atoms in total. The van der Waals surface area contributed by atoms with E-state index >= 15 is 0 Å². The first-order valence-electron chi connectivity index (χ1n) is 6.10. The van der Waals surface area contributed by atoms with Gasteiger partial charge in [-0.25, -0.2) is 4.79 Å². The van der Waals surface area contributed by atoms with Gasteiger partial charge in [-0.15, -0.1) is 0 Å². The van der Waals surface area contributed by atoms with Gasteiger partial charge in [-0.3, -0.25) is 4.90 Å². The summed E-state index contributed by atoms with van der Waals surface area (Å²) in [6.07, 6.45) is 1.42. The molecule has 0 radical (unpaired) electrons. The molecule has 1 N–H and O–H groups in total. The number of hydrogen-bond acceptors (Lipinski definition) is 3. The van der Waals surface area contributed by atoms with Crippen molar-refractivity contribution in [3.63, 3.8) is 0 Å². The van der Waals surface area contributed by atoms with Crippen LogP contribution in [0.1, 0.15) is 27.2 Å². The summed E-state index contributed by atoms with van der Waals surface area (Å²) in [4.78, 5) is 13.0. The Kier molecular flexibility index (Phi) is 4.02. The summed E-state index contributed by atoms with van der Waals surface area (Å²) >= 11 is 0. The van der Waals surface area contributed by atoms with E-state index < -0.39 is 5.97 Å². The van der Waals surface area contributed by atoms with Gasteiger partial charge in [0.2, 0.25) is 5.76 Å². The second kappa shape index (κ2) is 5.71. The molecule has 2 aromatic rings. The van der Waals surface area contributed by atoms with Crippen LogP contribution < -0.4 is 0 Å². The molecule has 0 saturated carbocycles. The lowest BCUT2D eigenvalue weighted by Crippen LogP contribution is -2.18. The third kappa shape index (κ3) is 3.45. The van der Waals surface area contributed by atoms with E-state index in [-0.39, 0.29) is 5.76 Å². The fourth-order valence-electron chi connectivity index (χ4n) is 2.12. The van der Waals surface area contributed by atoms with Crippen molar-refractivity contribution in [3.8, 4) is 0 Å². The van der Waals surface area contributed by atoms with Crippen molar-refractivity contribution in [1.29, 1.82) is 0 Å². The average molecular weight is 259 g/mol. The molecule has 100 valence electrons. The van der Waals surface area contributed by atoms with Gasteiger partial charge in [0.15, 0.2) is 0 Å². The number of carbonyl (C=O) groups is 1. The highest BCUT2D eigenvalue weighted by Gasteiger charge is 2.15. The number of rotatable bonds is 5. The van der Waals surface area contributed by atoms with Gasteiger partial charge in [0.05, 0.1) is 6.26 Å². The lowest BCUT2D eigenvalue weighted by molar-refractivity contribution is 0.0659. The summed E-state index contributed by atoms with van der Waals surface area (Å²) in [5.41, 5.74) is 3.13. The molecule has 1 heterocycles. The number of benzene rings is 1. The van der Waals surface area contributed by atoms with Gasteiger partial charge in [0.1, 0.15) is 0 Å². The molecule has 19 heavy (non-hydrogen) atoms. The van der Waals surface area contributed by atoms with Gasteiger partial charge < -0.3 is 9.52 Å². The molecule has 1 aromatic carbocycles. The second-order valence-corrected chi connectivity index (χ2v) is 4.74. The quantitative estimate of drug-likeness (QED) is 0.897. The van der Waals surface area contributed by atoms with E-state index in [9.17, 15) is 4.79 Å². The number of carboxylic acid groups (broad SMARTS) is 1. The maximum atomic E-state index is 11.0.